The molecule has 1 aliphatic carbocycles. The Bertz CT molecular complexity index is 976. The molecule has 0 unspecified atom stereocenters. The molecule has 1 aliphatic rings. The van der Waals surface area contributed by atoms with Crippen molar-refractivity contribution in [3.05, 3.63) is 54.5 Å². The predicted molar refractivity (Wildman–Crippen MR) is 106 cm³/mol. The molecule has 28 heavy (non-hydrogen) atoms. The lowest BCUT2D eigenvalue weighted by molar-refractivity contribution is -0.123. The van der Waals surface area contributed by atoms with Gasteiger partial charge >= 0.3 is 0 Å². The fraction of sp³-hybridized carbons (Fsp3) is 0.333. The van der Waals surface area contributed by atoms with Crippen molar-refractivity contribution in [1.29, 1.82) is 0 Å². The monoisotopic (exact) mass is 377 g/mol. The summed E-state index contributed by atoms with van der Waals surface area (Å²) in [5, 5.41) is 5.76. The van der Waals surface area contributed by atoms with Crippen molar-refractivity contribution >= 4 is 22.8 Å². The Hall–Kier alpha value is -3.22. The maximum atomic E-state index is 12.0. The third-order valence-corrected chi connectivity index (χ3v) is 4.83. The zero-order valence-corrected chi connectivity index (χ0v) is 15.6. The van der Waals surface area contributed by atoms with Gasteiger partial charge in [-0.05, 0) is 43.0 Å². The first-order valence-corrected chi connectivity index (χ1v) is 9.62. The van der Waals surface area contributed by atoms with Gasteiger partial charge in [0.25, 0.3) is 0 Å². The van der Waals surface area contributed by atoms with Gasteiger partial charge in [-0.15, -0.1) is 0 Å². The number of amides is 2. The van der Waals surface area contributed by atoms with E-state index in [2.05, 4.69) is 20.6 Å². The highest BCUT2D eigenvalue weighted by atomic mass is 16.2. The van der Waals surface area contributed by atoms with E-state index in [1.165, 1.54) is 0 Å². The van der Waals surface area contributed by atoms with E-state index in [0.29, 0.717) is 25.9 Å². The zero-order chi connectivity index (χ0) is 19.3. The number of fused-ring (bicyclic) bond motifs is 1. The lowest BCUT2D eigenvalue weighted by Gasteiger charge is -2.08. The molecule has 0 saturated heterocycles. The molecule has 0 atom stereocenters. The smallest absolute Gasteiger partial charge is 0.223 e. The fourth-order valence-electron chi connectivity index (χ4n) is 3.04. The number of carbonyl (C=O) groups excluding carboxylic acids is 2. The first-order chi connectivity index (χ1) is 13.7. The summed E-state index contributed by atoms with van der Waals surface area (Å²) in [6.45, 7) is 0.989. The Kier molecular flexibility index (Phi) is 5.32. The van der Waals surface area contributed by atoms with Gasteiger partial charge in [0.1, 0.15) is 12.1 Å². The Morgan fingerprint density at radius 2 is 1.93 bits per heavy atom. The Labute approximate surface area is 163 Å². The van der Waals surface area contributed by atoms with E-state index < -0.39 is 0 Å². The van der Waals surface area contributed by atoms with Crippen LogP contribution in [0, 0.1) is 5.92 Å². The summed E-state index contributed by atoms with van der Waals surface area (Å²) in [5.74, 6) is 1.10. The van der Waals surface area contributed by atoms with Crippen LogP contribution in [0.1, 0.15) is 31.2 Å². The molecule has 2 amide bonds. The van der Waals surface area contributed by atoms with Gasteiger partial charge in [0.05, 0.1) is 11.0 Å². The van der Waals surface area contributed by atoms with Crippen LogP contribution >= 0.6 is 0 Å². The van der Waals surface area contributed by atoms with Gasteiger partial charge in [-0.25, -0.2) is 9.97 Å². The van der Waals surface area contributed by atoms with Crippen molar-refractivity contribution in [2.24, 2.45) is 5.92 Å². The van der Waals surface area contributed by atoms with E-state index in [1.54, 1.807) is 12.5 Å². The molecule has 144 valence electrons. The average Bonchev–Trinajstić information content (AvgIpc) is 3.49. The highest BCUT2D eigenvalue weighted by Gasteiger charge is 2.28. The summed E-state index contributed by atoms with van der Waals surface area (Å²) in [6.07, 6.45) is 6.57. The molecular formula is C21H23N5O2. The number of rotatable bonds is 8. The number of para-hydroxylation sites is 2. The average molecular weight is 377 g/mol. The van der Waals surface area contributed by atoms with Gasteiger partial charge < -0.3 is 10.6 Å². The number of aromatic nitrogens is 3. The molecule has 0 aliphatic heterocycles. The van der Waals surface area contributed by atoms with Gasteiger partial charge in [0.2, 0.25) is 11.8 Å². The summed E-state index contributed by atoms with van der Waals surface area (Å²) in [7, 11) is 0. The highest BCUT2D eigenvalue weighted by Crippen LogP contribution is 2.28. The Morgan fingerprint density at radius 3 is 2.71 bits per heavy atom. The Balaban J connectivity index is 1.24. The molecule has 4 rings (SSSR count). The van der Waals surface area contributed by atoms with Crippen LogP contribution in [0.25, 0.3) is 16.9 Å². The van der Waals surface area contributed by atoms with E-state index in [-0.39, 0.29) is 17.7 Å². The summed E-state index contributed by atoms with van der Waals surface area (Å²) in [5.41, 5.74) is 2.86. The van der Waals surface area contributed by atoms with E-state index in [9.17, 15) is 9.59 Å². The second-order valence-electron chi connectivity index (χ2n) is 7.07. The molecule has 7 heteroatoms. The number of nitrogens with zero attached hydrogens (tertiary/aromatic N) is 3. The third-order valence-electron chi connectivity index (χ3n) is 4.83. The number of imidazole rings is 1. The summed E-state index contributed by atoms with van der Waals surface area (Å²) < 4.78 is 1.94. The van der Waals surface area contributed by atoms with Gasteiger partial charge in [0.15, 0.2) is 0 Å². The standard InChI is InChI=1S/C21H23N5O2/c27-20(6-3-11-22-21(28)16-8-9-16)24-13-15-7-10-19(23-12-15)26-14-25-17-4-1-2-5-18(17)26/h1-2,4-5,7,10,12,14,16H,3,6,8-9,11,13H2,(H,22,28)(H,24,27). The van der Waals surface area contributed by atoms with Crippen molar-refractivity contribution in [1.82, 2.24) is 25.2 Å². The van der Waals surface area contributed by atoms with E-state index in [0.717, 1.165) is 35.3 Å². The summed E-state index contributed by atoms with van der Waals surface area (Å²) >= 11 is 0. The molecule has 2 aromatic heterocycles. The summed E-state index contributed by atoms with van der Waals surface area (Å²) in [6, 6.07) is 11.8. The van der Waals surface area contributed by atoms with Crippen LogP contribution in [-0.4, -0.2) is 32.9 Å². The van der Waals surface area contributed by atoms with Crippen molar-refractivity contribution < 1.29 is 9.59 Å². The second kappa shape index (κ2) is 8.21. The van der Waals surface area contributed by atoms with Crippen molar-refractivity contribution in [2.45, 2.75) is 32.2 Å². The predicted octanol–water partition coefficient (Wildman–Crippen LogP) is 2.34. The topological polar surface area (TPSA) is 88.9 Å². The quantitative estimate of drug-likeness (QED) is 0.590. The minimum atomic E-state index is -0.0228. The van der Waals surface area contributed by atoms with Crippen molar-refractivity contribution in [3.8, 4) is 5.82 Å². The lowest BCUT2D eigenvalue weighted by Crippen LogP contribution is -2.28. The third kappa shape index (κ3) is 4.36. The minimum Gasteiger partial charge on any atom is -0.356 e. The Morgan fingerprint density at radius 1 is 1.07 bits per heavy atom. The lowest BCUT2D eigenvalue weighted by atomic mass is 10.2. The number of hydrogen-bond donors (Lipinski definition) is 2. The second-order valence-corrected chi connectivity index (χ2v) is 7.07. The van der Waals surface area contributed by atoms with Crippen LogP contribution in [0.15, 0.2) is 48.9 Å². The van der Waals surface area contributed by atoms with E-state index >= 15 is 0 Å². The van der Waals surface area contributed by atoms with Gasteiger partial charge in [-0.3, -0.25) is 14.2 Å². The highest BCUT2D eigenvalue weighted by molar-refractivity contribution is 5.81. The van der Waals surface area contributed by atoms with Gasteiger partial charge in [-0.1, -0.05) is 18.2 Å². The number of pyridine rings is 1. The van der Waals surface area contributed by atoms with E-state index in [1.807, 2.05) is 41.0 Å². The first-order valence-electron chi connectivity index (χ1n) is 9.62. The van der Waals surface area contributed by atoms with Crippen LogP contribution in [0.2, 0.25) is 0 Å². The van der Waals surface area contributed by atoms with E-state index in [4.69, 9.17) is 0 Å². The zero-order valence-electron chi connectivity index (χ0n) is 15.6. The molecule has 3 aromatic rings. The molecule has 0 spiro atoms. The molecule has 1 fully saturated rings. The van der Waals surface area contributed by atoms with Crippen molar-refractivity contribution in [2.75, 3.05) is 6.54 Å². The van der Waals surface area contributed by atoms with Crippen LogP contribution in [0.3, 0.4) is 0 Å². The normalized spacial score (nSPS) is 13.4. The largest absolute Gasteiger partial charge is 0.356 e. The maximum absolute atomic E-state index is 12.0. The number of carbonyl (C=O) groups is 2. The van der Waals surface area contributed by atoms with Crippen LogP contribution < -0.4 is 10.6 Å². The van der Waals surface area contributed by atoms with Crippen LogP contribution in [-0.2, 0) is 16.1 Å². The van der Waals surface area contributed by atoms with Crippen LogP contribution in [0.4, 0.5) is 0 Å². The number of benzene rings is 1. The first kappa shape index (κ1) is 18.2. The van der Waals surface area contributed by atoms with Gasteiger partial charge in [-0.2, -0.15) is 0 Å². The van der Waals surface area contributed by atoms with Crippen molar-refractivity contribution in [3.63, 3.8) is 0 Å². The molecule has 0 radical (unpaired) electrons. The number of nitrogens with one attached hydrogen (secondary N) is 2. The molecule has 2 N–H and O–H groups in total. The maximum Gasteiger partial charge on any atom is 0.223 e. The molecule has 7 nitrogen and oxygen atoms in total. The molecule has 1 saturated carbocycles. The molecule has 1 aromatic carbocycles. The fourth-order valence-corrected chi connectivity index (χ4v) is 3.04. The molecule has 0 bridgehead atoms. The van der Waals surface area contributed by atoms with Crippen LogP contribution in [0.5, 0.6) is 0 Å². The van der Waals surface area contributed by atoms with Gasteiger partial charge in [0, 0.05) is 31.6 Å². The molecular weight excluding hydrogens is 354 g/mol. The molecule has 2 heterocycles. The minimum absolute atomic E-state index is 0.0228. The summed E-state index contributed by atoms with van der Waals surface area (Å²) in [4.78, 5) is 32.3. The number of hydrogen-bond acceptors (Lipinski definition) is 4. The SMILES string of the molecule is O=C(CCCNC(=O)C1CC1)NCc1ccc(-n2cnc3ccccc32)nc1.